The van der Waals surface area contributed by atoms with Gasteiger partial charge in [0, 0.05) is 32.8 Å². The summed E-state index contributed by atoms with van der Waals surface area (Å²) in [5, 5.41) is 0.601. The minimum atomic E-state index is 0.601. The number of nitrogens with two attached hydrogens (primary N) is 1. The third-order valence-electron chi connectivity index (χ3n) is 2.98. The van der Waals surface area contributed by atoms with Gasteiger partial charge in [0.2, 0.25) is 0 Å². The molecule has 1 aromatic rings. The molecule has 0 fully saturated rings. The van der Waals surface area contributed by atoms with Gasteiger partial charge in [0.05, 0.1) is 23.9 Å². The summed E-state index contributed by atoms with van der Waals surface area (Å²) in [5.74, 6) is 0. The molecule has 0 aromatic heterocycles. The van der Waals surface area contributed by atoms with Crippen LogP contribution in [0.1, 0.15) is 19.4 Å². The molecule has 4 nitrogen and oxygen atoms in total. The first-order valence-corrected chi connectivity index (χ1v) is 7.46. The molecule has 5 heteroatoms. The molecule has 0 radical (unpaired) electrons. The number of ether oxygens (including phenoxy) is 2. The van der Waals surface area contributed by atoms with Crippen molar-refractivity contribution in [3.8, 4) is 0 Å². The summed E-state index contributed by atoms with van der Waals surface area (Å²) >= 11 is 5.94. The van der Waals surface area contributed by atoms with Crippen molar-refractivity contribution in [3.05, 3.63) is 28.8 Å². The Labute approximate surface area is 126 Å². The number of halogens is 1. The van der Waals surface area contributed by atoms with Crippen LogP contribution in [0.15, 0.2) is 18.2 Å². The Morgan fingerprint density at radius 2 is 1.70 bits per heavy atom. The largest absolute Gasteiger partial charge is 0.398 e. The lowest BCUT2D eigenvalue weighted by molar-refractivity contribution is 0.0798. The fraction of sp³-hybridized carbons (Fsp3) is 0.600. The van der Waals surface area contributed by atoms with Crippen molar-refractivity contribution < 1.29 is 9.47 Å². The summed E-state index contributed by atoms with van der Waals surface area (Å²) in [4.78, 5) is 2.30. The molecule has 2 N–H and O–H groups in total. The molecular formula is C15H25ClN2O2. The van der Waals surface area contributed by atoms with Gasteiger partial charge in [-0.25, -0.2) is 0 Å². The van der Waals surface area contributed by atoms with Crippen molar-refractivity contribution in [3.63, 3.8) is 0 Å². The molecule has 20 heavy (non-hydrogen) atoms. The second kappa shape index (κ2) is 10.00. The summed E-state index contributed by atoms with van der Waals surface area (Å²) in [5.41, 5.74) is 7.62. The molecule has 0 unspecified atom stereocenters. The lowest BCUT2D eigenvalue weighted by Gasteiger charge is -2.22. The fourth-order valence-electron chi connectivity index (χ4n) is 1.90. The van der Waals surface area contributed by atoms with Crippen molar-refractivity contribution in [1.82, 2.24) is 4.90 Å². The van der Waals surface area contributed by atoms with Gasteiger partial charge in [0.15, 0.2) is 0 Å². The van der Waals surface area contributed by atoms with E-state index < -0.39 is 0 Å². The number of hydrogen-bond acceptors (Lipinski definition) is 4. The standard InChI is InChI=1S/C15H25ClN2O2/c1-3-19-9-7-18(8-10-20-4-2)12-13-5-6-14(16)15(17)11-13/h5-6,11H,3-4,7-10,12,17H2,1-2H3. The van der Waals surface area contributed by atoms with E-state index in [0.29, 0.717) is 10.7 Å². The van der Waals surface area contributed by atoms with Gasteiger partial charge in [-0.15, -0.1) is 0 Å². The molecule has 0 spiro atoms. The number of rotatable bonds is 10. The van der Waals surface area contributed by atoms with E-state index in [4.69, 9.17) is 26.8 Å². The van der Waals surface area contributed by atoms with Crippen LogP contribution in [0.5, 0.6) is 0 Å². The molecule has 0 saturated carbocycles. The normalized spacial score (nSPS) is 11.2. The van der Waals surface area contributed by atoms with E-state index in [1.54, 1.807) is 0 Å². The van der Waals surface area contributed by atoms with E-state index in [-0.39, 0.29) is 0 Å². The van der Waals surface area contributed by atoms with Crippen LogP contribution >= 0.6 is 11.6 Å². The topological polar surface area (TPSA) is 47.7 Å². The van der Waals surface area contributed by atoms with Crippen LogP contribution in [0.25, 0.3) is 0 Å². The minimum absolute atomic E-state index is 0.601. The van der Waals surface area contributed by atoms with Gasteiger partial charge >= 0.3 is 0 Å². The molecule has 0 bridgehead atoms. The highest BCUT2D eigenvalue weighted by atomic mass is 35.5. The van der Waals surface area contributed by atoms with Gasteiger partial charge in [0.25, 0.3) is 0 Å². The molecule has 0 atom stereocenters. The van der Waals surface area contributed by atoms with Crippen molar-refractivity contribution in [2.75, 3.05) is 45.3 Å². The average Bonchev–Trinajstić information content (AvgIpc) is 2.43. The van der Waals surface area contributed by atoms with Crippen LogP contribution in [0.4, 0.5) is 5.69 Å². The first-order chi connectivity index (χ1) is 9.67. The predicted octanol–water partition coefficient (Wildman–Crippen LogP) is 2.80. The molecule has 0 heterocycles. The predicted molar refractivity (Wildman–Crippen MR) is 84.1 cm³/mol. The van der Waals surface area contributed by atoms with E-state index in [0.717, 1.165) is 51.6 Å². The van der Waals surface area contributed by atoms with E-state index >= 15 is 0 Å². The third kappa shape index (κ3) is 6.57. The molecule has 0 amide bonds. The molecule has 1 aromatic carbocycles. The molecule has 0 saturated heterocycles. The summed E-state index contributed by atoms with van der Waals surface area (Å²) in [6, 6.07) is 5.78. The summed E-state index contributed by atoms with van der Waals surface area (Å²) in [6.45, 7) is 9.53. The van der Waals surface area contributed by atoms with Crippen LogP contribution in [0.2, 0.25) is 5.02 Å². The third-order valence-corrected chi connectivity index (χ3v) is 3.32. The molecule has 0 aliphatic carbocycles. The van der Waals surface area contributed by atoms with Crippen LogP contribution in [0, 0.1) is 0 Å². The minimum Gasteiger partial charge on any atom is -0.398 e. The fourth-order valence-corrected chi connectivity index (χ4v) is 2.01. The highest BCUT2D eigenvalue weighted by Gasteiger charge is 2.07. The Morgan fingerprint density at radius 1 is 1.10 bits per heavy atom. The maximum atomic E-state index is 5.94. The lowest BCUT2D eigenvalue weighted by Crippen LogP contribution is -2.30. The van der Waals surface area contributed by atoms with E-state index in [1.807, 2.05) is 32.0 Å². The Kier molecular flexibility index (Phi) is 8.62. The van der Waals surface area contributed by atoms with E-state index in [1.165, 1.54) is 0 Å². The second-order valence-corrected chi connectivity index (χ2v) is 4.93. The Balaban J connectivity index is 2.54. The number of benzene rings is 1. The number of nitrogen functional groups attached to an aromatic ring is 1. The van der Waals surface area contributed by atoms with Crippen LogP contribution in [-0.4, -0.2) is 44.4 Å². The summed E-state index contributed by atoms with van der Waals surface area (Å²) < 4.78 is 10.8. The van der Waals surface area contributed by atoms with Crippen molar-refractivity contribution in [1.29, 1.82) is 0 Å². The van der Waals surface area contributed by atoms with Crippen LogP contribution < -0.4 is 5.73 Å². The maximum absolute atomic E-state index is 5.94. The number of hydrogen-bond donors (Lipinski definition) is 1. The Bertz CT molecular complexity index is 378. The summed E-state index contributed by atoms with van der Waals surface area (Å²) in [7, 11) is 0. The quantitative estimate of drug-likeness (QED) is 0.533. The Morgan fingerprint density at radius 3 is 2.20 bits per heavy atom. The zero-order valence-electron chi connectivity index (χ0n) is 12.4. The first-order valence-electron chi connectivity index (χ1n) is 7.09. The SMILES string of the molecule is CCOCCN(CCOCC)Cc1ccc(Cl)c(N)c1. The molecule has 1 rings (SSSR count). The van der Waals surface area contributed by atoms with Gasteiger partial charge < -0.3 is 15.2 Å². The van der Waals surface area contributed by atoms with Crippen LogP contribution in [-0.2, 0) is 16.0 Å². The molecular weight excluding hydrogens is 276 g/mol. The molecule has 0 aliphatic rings. The maximum Gasteiger partial charge on any atom is 0.0635 e. The van der Waals surface area contributed by atoms with E-state index in [2.05, 4.69) is 4.90 Å². The van der Waals surface area contributed by atoms with Gasteiger partial charge in [-0.3, -0.25) is 4.90 Å². The highest BCUT2D eigenvalue weighted by molar-refractivity contribution is 6.33. The number of nitrogens with zero attached hydrogens (tertiary/aromatic N) is 1. The smallest absolute Gasteiger partial charge is 0.0635 e. The van der Waals surface area contributed by atoms with E-state index in [9.17, 15) is 0 Å². The Hall–Kier alpha value is -0.810. The monoisotopic (exact) mass is 300 g/mol. The zero-order chi connectivity index (χ0) is 14.8. The zero-order valence-corrected chi connectivity index (χ0v) is 13.2. The average molecular weight is 301 g/mol. The van der Waals surface area contributed by atoms with Crippen molar-refractivity contribution >= 4 is 17.3 Å². The molecule has 114 valence electrons. The highest BCUT2D eigenvalue weighted by Crippen LogP contribution is 2.20. The lowest BCUT2D eigenvalue weighted by atomic mass is 10.2. The van der Waals surface area contributed by atoms with Gasteiger partial charge in [-0.05, 0) is 31.5 Å². The van der Waals surface area contributed by atoms with Gasteiger partial charge in [-0.1, -0.05) is 17.7 Å². The van der Waals surface area contributed by atoms with Crippen molar-refractivity contribution in [2.45, 2.75) is 20.4 Å². The number of anilines is 1. The van der Waals surface area contributed by atoms with Gasteiger partial charge in [-0.2, -0.15) is 0 Å². The van der Waals surface area contributed by atoms with Crippen LogP contribution in [0.3, 0.4) is 0 Å². The second-order valence-electron chi connectivity index (χ2n) is 4.53. The summed E-state index contributed by atoms with van der Waals surface area (Å²) in [6.07, 6.45) is 0. The molecule has 0 aliphatic heterocycles. The van der Waals surface area contributed by atoms with Crippen molar-refractivity contribution in [2.24, 2.45) is 0 Å². The van der Waals surface area contributed by atoms with Gasteiger partial charge in [0.1, 0.15) is 0 Å². The first kappa shape index (κ1) is 17.2.